The van der Waals surface area contributed by atoms with Crippen LogP contribution in [0, 0.1) is 16.7 Å². The van der Waals surface area contributed by atoms with Crippen LogP contribution in [0.15, 0.2) is 22.7 Å². The highest BCUT2D eigenvalue weighted by molar-refractivity contribution is 9.10. The summed E-state index contributed by atoms with van der Waals surface area (Å²) in [5.41, 5.74) is 2.06. The first-order valence-corrected chi connectivity index (χ1v) is 7.28. The molecule has 1 aliphatic carbocycles. The Hall–Kier alpha value is -1.01. The van der Waals surface area contributed by atoms with Gasteiger partial charge in [-0.25, -0.2) is 0 Å². The van der Waals surface area contributed by atoms with Crippen LogP contribution in [0.3, 0.4) is 0 Å². The molecule has 3 heteroatoms. The minimum atomic E-state index is 0.327. The fourth-order valence-corrected chi connectivity index (χ4v) is 3.19. The second-order valence-corrected chi connectivity index (χ2v) is 6.69. The molecule has 0 amide bonds. The molecule has 1 N–H and O–H groups in total. The van der Waals surface area contributed by atoms with Crippen LogP contribution in [0.1, 0.15) is 45.1 Å². The van der Waals surface area contributed by atoms with Crippen LogP contribution in [0.4, 0.5) is 5.69 Å². The fraction of sp³-hybridized carbons (Fsp3) is 0.533. The molecule has 0 spiro atoms. The van der Waals surface area contributed by atoms with Crippen molar-refractivity contribution < 1.29 is 0 Å². The maximum absolute atomic E-state index is 9.00. The van der Waals surface area contributed by atoms with Crippen molar-refractivity contribution in [2.24, 2.45) is 5.41 Å². The van der Waals surface area contributed by atoms with Crippen LogP contribution in [0.25, 0.3) is 0 Å². The number of nitrogens with one attached hydrogen (secondary N) is 1. The zero-order valence-electron chi connectivity index (χ0n) is 11.0. The van der Waals surface area contributed by atoms with Crippen molar-refractivity contribution in [1.82, 2.24) is 0 Å². The van der Waals surface area contributed by atoms with Gasteiger partial charge in [-0.2, -0.15) is 5.26 Å². The molecular weight excluding hydrogens is 288 g/mol. The predicted molar refractivity (Wildman–Crippen MR) is 78.5 cm³/mol. The van der Waals surface area contributed by atoms with E-state index in [0.29, 0.717) is 17.0 Å². The third kappa shape index (κ3) is 3.05. The Kier molecular flexibility index (Phi) is 3.97. The minimum Gasteiger partial charge on any atom is -0.382 e. The molecule has 1 fully saturated rings. The van der Waals surface area contributed by atoms with E-state index in [-0.39, 0.29) is 0 Å². The van der Waals surface area contributed by atoms with E-state index in [1.165, 1.54) is 25.7 Å². The van der Waals surface area contributed by atoms with Crippen LogP contribution < -0.4 is 5.32 Å². The summed E-state index contributed by atoms with van der Waals surface area (Å²) in [5, 5.41) is 12.6. The number of halogens is 1. The lowest BCUT2D eigenvalue weighted by molar-refractivity contribution is 0.217. The third-order valence-electron chi connectivity index (χ3n) is 3.88. The van der Waals surface area contributed by atoms with Gasteiger partial charge in [0.25, 0.3) is 0 Å². The lowest BCUT2D eigenvalue weighted by atomic mass is 9.73. The molecule has 0 bridgehead atoms. The molecule has 1 saturated carbocycles. The lowest BCUT2D eigenvalue weighted by Gasteiger charge is -2.39. The van der Waals surface area contributed by atoms with Gasteiger partial charge in [-0.3, -0.25) is 0 Å². The average molecular weight is 307 g/mol. The van der Waals surface area contributed by atoms with E-state index >= 15 is 0 Å². The normalized spacial score (nSPS) is 22.2. The zero-order chi connectivity index (χ0) is 13.2. The fourth-order valence-electron chi connectivity index (χ4n) is 2.70. The first-order valence-electron chi connectivity index (χ1n) is 6.48. The third-order valence-corrected chi connectivity index (χ3v) is 4.33. The lowest BCUT2D eigenvalue weighted by Crippen LogP contribution is -2.38. The number of rotatable bonds is 2. The Balaban J connectivity index is 2.18. The van der Waals surface area contributed by atoms with Crippen molar-refractivity contribution in [3.63, 3.8) is 0 Å². The van der Waals surface area contributed by atoms with Gasteiger partial charge in [-0.1, -0.05) is 42.6 Å². The second kappa shape index (κ2) is 5.32. The quantitative estimate of drug-likeness (QED) is 0.859. The molecule has 1 aromatic rings. The van der Waals surface area contributed by atoms with Gasteiger partial charge in [0, 0.05) is 16.2 Å². The smallest absolute Gasteiger partial charge is 0.0992 e. The largest absolute Gasteiger partial charge is 0.382 e. The number of nitrogens with zero attached hydrogens (tertiary/aromatic N) is 1. The predicted octanol–water partition coefficient (Wildman–Crippen LogP) is 4.70. The van der Waals surface area contributed by atoms with Gasteiger partial charge in [0.15, 0.2) is 0 Å². The maximum atomic E-state index is 9.00. The Morgan fingerprint density at radius 3 is 2.78 bits per heavy atom. The molecule has 1 unspecified atom stereocenters. The van der Waals surface area contributed by atoms with E-state index in [4.69, 9.17) is 5.26 Å². The van der Waals surface area contributed by atoms with Crippen LogP contribution in [-0.4, -0.2) is 6.04 Å². The average Bonchev–Trinajstić information content (AvgIpc) is 2.31. The second-order valence-electron chi connectivity index (χ2n) is 5.77. The summed E-state index contributed by atoms with van der Waals surface area (Å²) < 4.78 is 0.956. The molecular formula is C15H19BrN2. The van der Waals surface area contributed by atoms with E-state index in [9.17, 15) is 0 Å². The van der Waals surface area contributed by atoms with Crippen molar-refractivity contribution in [2.75, 3.05) is 5.32 Å². The molecule has 1 aromatic carbocycles. The summed E-state index contributed by atoms with van der Waals surface area (Å²) in [4.78, 5) is 0. The number of benzene rings is 1. The molecule has 0 aliphatic heterocycles. The Labute approximate surface area is 118 Å². The summed E-state index contributed by atoms with van der Waals surface area (Å²) in [6.45, 7) is 4.65. The molecule has 96 valence electrons. The zero-order valence-corrected chi connectivity index (χ0v) is 12.5. The van der Waals surface area contributed by atoms with Gasteiger partial charge >= 0.3 is 0 Å². The van der Waals surface area contributed by atoms with E-state index < -0.39 is 0 Å². The molecule has 2 rings (SSSR count). The molecule has 0 saturated heterocycles. The molecule has 1 atom stereocenters. The van der Waals surface area contributed by atoms with Crippen LogP contribution in [0.5, 0.6) is 0 Å². The Morgan fingerprint density at radius 2 is 2.11 bits per heavy atom. The Bertz CT molecular complexity index is 474. The van der Waals surface area contributed by atoms with E-state index in [1.54, 1.807) is 0 Å². The van der Waals surface area contributed by atoms with Crippen LogP contribution in [-0.2, 0) is 0 Å². The number of nitriles is 1. The van der Waals surface area contributed by atoms with Crippen molar-refractivity contribution in [1.29, 1.82) is 5.26 Å². The molecule has 0 radical (unpaired) electrons. The topological polar surface area (TPSA) is 35.8 Å². The van der Waals surface area contributed by atoms with Gasteiger partial charge in [0.05, 0.1) is 11.6 Å². The first kappa shape index (κ1) is 13.4. The standard InChI is InChI=1S/C15H19BrN2/c1-15(2)6-4-3-5-14(15)18-13-8-11(10-17)7-12(16)9-13/h7-9,14,18H,3-6H2,1-2H3. The maximum Gasteiger partial charge on any atom is 0.0992 e. The molecule has 2 nitrogen and oxygen atoms in total. The summed E-state index contributed by atoms with van der Waals surface area (Å²) in [6.07, 6.45) is 5.10. The number of hydrogen-bond donors (Lipinski definition) is 1. The van der Waals surface area contributed by atoms with Crippen molar-refractivity contribution in [3.05, 3.63) is 28.2 Å². The van der Waals surface area contributed by atoms with Crippen molar-refractivity contribution in [2.45, 2.75) is 45.6 Å². The SMILES string of the molecule is CC1(C)CCCCC1Nc1cc(Br)cc(C#N)c1. The summed E-state index contributed by atoms with van der Waals surface area (Å²) in [6, 6.07) is 8.51. The van der Waals surface area contributed by atoms with Gasteiger partial charge < -0.3 is 5.32 Å². The Morgan fingerprint density at radius 1 is 1.33 bits per heavy atom. The first-order chi connectivity index (χ1) is 8.51. The van der Waals surface area contributed by atoms with E-state index in [2.05, 4.69) is 41.2 Å². The van der Waals surface area contributed by atoms with Gasteiger partial charge in [0.1, 0.15) is 0 Å². The van der Waals surface area contributed by atoms with E-state index in [1.807, 2.05) is 18.2 Å². The molecule has 0 aromatic heterocycles. The molecule has 0 heterocycles. The van der Waals surface area contributed by atoms with Gasteiger partial charge in [0.2, 0.25) is 0 Å². The van der Waals surface area contributed by atoms with Gasteiger partial charge in [-0.15, -0.1) is 0 Å². The number of anilines is 1. The molecule has 1 aliphatic rings. The minimum absolute atomic E-state index is 0.327. The summed E-state index contributed by atoms with van der Waals surface area (Å²) in [7, 11) is 0. The highest BCUT2D eigenvalue weighted by Crippen LogP contribution is 2.37. The highest BCUT2D eigenvalue weighted by atomic mass is 79.9. The van der Waals surface area contributed by atoms with Gasteiger partial charge in [-0.05, 0) is 36.5 Å². The van der Waals surface area contributed by atoms with Crippen LogP contribution >= 0.6 is 15.9 Å². The number of hydrogen-bond acceptors (Lipinski definition) is 2. The monoisotopic (exact) mass is 306 g/mol. The highest BCUT2D eigenvalue weighted by Gasteiger charge is 2.31. The van der Waals surface area contributed by atoms with Crippen molar-refractivity contribution >= 4 is 21.6 Å². The van der Waals surface area contributed by atoms with Crippen molar-refractivity contribution in [3.8, 4) is 6.07 Å². The van der Waals surface area contributed by atoms with Crippen LogP contribution in [0.2, 0.25) is 0 Å². The molecule has 18 heavy (non-hydrogen) atoms. The summed E-state index contributed by atoms with van der Waals surface area (Å²) >= 11 is 3.46. The summed E-state index contributed by atoms with van der Waals surface area (Å²) in [5.74, 6) is 0. The van der Waals surface area contributed by atoms with E-state index in [0.717, 1.165) is 10.2 Å².